The molecule has 0 aromatic rings. The van der Waals surface area contributed by atoms with Gasteiger partial charge in [-0.1, -0.05) is 25.3 Å². The molecule has 3 heteroatoms. The average molecular weight is 371 g/mol. The van der Waals surface area contributed by atoms with Gasteiger partial charge in [0.1, 0.15) is 5.60 Å². The van der Waals surface area contributed by atoms with Gasteiger partial charge in [0, 0.05) is 24.9 Å². The minimum atomic E-state index is -0.879. The highest BCUT2D eigenvalue weighted by Gasteiger charge is 2.63. The van der Waals surface area contributed by atoms with Gasteiger partial charge in [-0.05, 0) is 80.6 Å². The summed E-state index contributed by atoms with van der Waals surface area (Å²) in [7, 11) is 0. The minimum Gasteiger partial charge on any atom is -0.396 e. The van der Waals surface area contributed by atoms with Crippen LogP contribution in [0.1, 0.15) is 71.6 Å². The maximum absolute atomic E-state index is 11.9. The van der Waals surface area contributed by atoms with Crippen LogP contribution in [0.25, 0.3) is 0 Å². The SMILES string of the molecule is C[C@@H]1CC2=CC(=O)CCC2C2CC[C@@]3(C)C(CC[C@@]3(O)C#CCCCO)C21. The average Bonchev–Trinajstić information content (AvgIpc) is 2.90. The minimum absolute atomic E-state index is 0.125. The van der Waals surface area contributed by atoms with Gasteiger partial charge >= 0.3 is 0 Å². The highest BCUT2D eigenvalue weighted by atomic mass is 16.3. The fourth-order valence-corrected chi connectivity index (χ4v) is 7.19. The van der Waals surface area contributed by atoms with E-state index in [9.17, 15) is 9.90 Å². The topological polar surface area (TPSA) is 57.5 Å². The zero-order chi connectivity index (χ0) is 19.2. The number of hydrogen-bond acceptors (Lipinski definition) is 3. The molecule has 0 aliphatic heterocycles. The van der Waals surface area contributed by atoms with E-state index < -0.39 is 5.60 Å². The first-order chi connectivity index (χ1) is 12.9. The molecule has 0 bridgehead atoms. The number of carbonyl (C=O) groups excluding carboxylic acids is 1. The van der Waals surface area contributed by atoms with E-state index in [-0.39, 0.29) is 12.0 Å². The van der Waals surface area contributed by atoms with Crippen molar-refractivity contribution in [2.24, 2.45) is 35.0 Å². The molecule has 3 fully saturated rings. The lowest BCUT2D eigenvalue weighted by Gasteiger charge is -2.56. The number of hydrogen-bond donors (Lipinski definition) is 2. The van der Waals surface area contributed by atoms with Crippen molar-refractivity contribution < 1.29 is 15.0 Å². The quantitative estimate of drug-likeness (QED) is 0.573. The van der Waals surface area contributed by atoms with Crippen molar-refractivity contribution >= 4 is 5.78 Å². The van der Waals surface area contributed by atoms with E-state index in [1.165, 1.54) is 5.57 Å². The molecule has 2 N–H and O–H groups in total. The molecule has 0 spiro atoms. The normalized spacial score (nSPS) is 45.9. The molecule has 0 amide bonds. The molecular formula is C24H34O3. The Kier molecular flexibility index (Phi) is 5.02. The van der Waals surface area contributed by atoms with Crippen molar-refractivity contribution in [1.29, 1.82) is 0 Å². The summed E-state index contributed by atoms with van der Waals surface area (Å²) in [5, 5.41) is 20.5. The van der Waals surface area contributed by atoms with Gasteiger partial charge in [-0.25, -0.2) is 0 Å². The summed E-state index contributed by atoms with van der Waals surface area (Å²) >= 11 is 0. The monoisotopic (exact) mass is 370 g/mol. The third-order valence-corrected chi connectivity index (χ3v) is 8.55. The number of aliphatic hydroxyl groups is 2. The van der Waals surface area contributed by atoms with Gasteiger partial charge in [0.25, 0.3) is 0 Å². The van der Waals surface area contributed by atoms with Gasteiger partial charge in [-0.15, -0.1) is 5.92 Å². The summed E-state index contributed by atoms with van der Waals surface area (Å²) in [6, 6.07) is 0. The zero-order valence-electron chi connectivity index (χ0n) is 16.8. The second-order valence-corrected chi connectivity index (χ2v) is 9.84. The molecule has 0 aromatic heterocycles. The summed E-state index contributed by atoms with van der Waals surface area (Å²) in [6.07, 6.45) is 10.2. The number of unbranched alkanes of at least 4 members (excludes halogenated alkanes) is 1. The Hall–Kier alpha value is -1.11. The number of allylic oxidation sites excluding steroid dienone is 1. The van der Waals surface area contributed by atoms with Crippen molar-refractivity contribution in [3.05, 3.63) is 11.6 Å². The van der Waals surface area contributed by atoms with E-state index in [1.54, 1.807) is 0 Å². The summed E-state index contributed by atoms with van der Waals surface area (Å²) in [4.78, 5) is 11.9. The summed E-state index contributed by atoms with van der Waals surface area (Å²) in [6.45, 7) is 4.81. The highest BCUT2D eigenvalue weighted by Crippen LogP contribution is 2.65. The van der Waals surface area contributed by atoms with Gasteiger partial charge in [0.15, 0.2) is 5.78 Å². The summed E-state index contributed by atoms with van der Waals surface area (Å²) < 4.78 is 0. The Balaban J connectivity index is 1.60. The molecule has 148 valence electrons. The van der Waals surface area contributed by atoms with Crippen LogP contribution in [0.3, 0.4) is 0 Å². The Bertz CT molecular complexity index is 698. The van der Waals surface area contributed by atoms with Crippen LogP contribution in [0.5, 0.6) is 0 Å². The molecule has 0 heterocycles. The van der Waals surface area contributed by atoms with E-state index in [0.717, 1.165) is 38.5 Å². The highest BCUT2D eigenvalue weighted by molar-refractivity contribution is 5.91. The van der Waals surface area contributed by atoms with Crippen molar-refractivity contribution in [2.45, 2.75) is 77.2 Å². The van der Waals surface area contributed by atoms with Crippen LogP contribution in [0, 0.1) is 46.8 Å². The lowest BCUT2D eigenvalue weighted by molar-refractivity contribution is -0.117. The van der Waals surface area contributed by atoms with Crippen LogP contribution in [-0.2, 0) is 4.79 Å². The Labute approximate surface area is 163 Å². The van der Waals surface area contributed by atoms with Crippen molar-refractivity contribution in [3.8, 4) is 11.8 Å². The van der Waals surface area contributed by atoms with E-state index in [1.807, 2.05) is 6.08 Å². The fraction of sp³-hybridized carbons (Fsp3) is 0.792. The summed E-state index contributed by atoms with van der Waals surface area (Å²) in [5.74, 6) is 9.75. The maximum atomic E-state index is 11.9. The lowest BCUT2D eigenvalue weighted by Crippen LogP contribution is -2.54. The molecule has 7 atom stereocenters. The second-order valence-electron chi connectivity index (χ2n) is 9.84. The lowest BCUT2D eigenvalue weighted by atomic mass is 9.48. The molecule has 27 heavy (non-hydrogen) atoms. The second kappa shape index (κ2) is 7.05. The third kappa shape index (κ3) is 3.00. The molecule has 4 rings (SSSR count). The molecule has 3 saturated carbocycles. The Morgan fingerprint density at radius 2 is 2.07 bits per heavy atom. The number of rotatable bonds is 2. The first-order valence-electron chi connectivity index (χ1n) is 11.0. The first kappa shape index (κ1) is 19.2. The predicted octanol–water partition coefficient (Wildman–Crippen LogP) is 3.88. The number of aliphatic hydroxyl groups excluding tert-OH is 1. The van der Waals surface area contributed by atoms with Crippen LogP contribution < -0.4 is 0 Å². The summed E-state index contributed by atoms with van der Waals surface area (Å²) in [5.41, 5.74) is 0.414. The van der Waals surface area contributed by atoms with Crippen LogP contribution in [-0.4, -0.2) is 28.2 Å². The molecule has 4 aliphatic carbocycles. The van der Waals surface area contributed by atoms with E-state index >= 15 is 0 Å². The molecule has 4 unspecified atom stereocenters. The van der Waals surface area contributed by atoms with Crippen molar-refractivity contribution in [3.63, 3.8) is 0 Å². The van der Waals surface area contributed by atoms with Crippen molar-refractivity contribution in [1.82, 2.24) is 0 Å². The van der Waals surface area contributed by atoms with Gasteiger partial charge in [-0.2, -0.15) is 0 Å². The molecule has 0 radical (unpaired) electrons. The zero-order valence-corrected chi connectivity index (χ0v) is 16.8. The molecule has 4 aliphatic rings. The van der Waals surface area contributed by atoms with Gasteiger partial charge in [0.05, 0.1) is 0 Å². The molecule has 3 nitrogen and oxygen atoms in total. The number of ketones is 1. The van der Waals surface area contributed by atoms with Gasteiger partial charge in [0.2, 0.25) is 0 Å². The standard InChI is InChI=1S/C24H34O3/c1-16-14-17-15-18(26)6-7-19(17)20-8-11-23(2)21(22(16)20)9-12-24(23,27)10-4-3-5-13-25/h15-16,19-22,25,27H,3,5-9,11-14H2,1-2H3/t16-,19?,20?,21?,22?,23+,24+/m1/s1. The molecule has 0 aromatic carbocycles. The molecule has 0 saturated heterocycles. The maximum Gasteiger partial charge on any atom is 0.155 e. The van der Waals surface area contributed by atoms with Gasteiger partial charge < -0.3 is 10.2 Å². The van der Waals surface area contributed by atoms with Crippen LogP contribution in [0.2, 0.25) is 0 Å². The Morgan fingerprint density at radius 1 is 1.26 bits per heavy atom. The van der Waals surface area contributed by atoms with Gasteiger partial charge in [-0.3, -0.25) is 4.79 Å². The number of carbonyl (C=O) groups is 1. The molecular weight excluding hydrogens is 336 g/mol. The number of fused-ring (bicyclic) bond motifs is 5. The van der Waals surface area contributed by atoms with E-state index in [2.05, 4.69) is 25.7 Å². The Morgan fingerprint density at radius 3 is 2.85 bits per heavy atom. The van der Waals surface area contributed by atoms with Crippen LogP contribution in [0.4, 0.5) is 0 Å². The van der Waals surface area contributed by atoms with Crippen LogP contribution >= 0.6 is 0 Å². The third-order valence-electron chi connectivity index (χ3n) is 8.55. The predicted molar refractivity (Wildman–Crippen MR) is 106 cm³/mol. The fourth-order valence-electron chi connectivity index (χ4n) is 7.19. The first-order valence-corrected chi connectivity index (χ1v) is 11.0. The van der Waals surface area contributed by atoms with Crippen LogP contribution in [0.15, 0.2) is 11.6 Å². The van der Waals surface area contributed by atoms with E-state index in [0.29, 0.717) is 54.6 Å². The van der Waals surface area contributed by atoms with E-state index in [4.69, 9.17) is 5.11 Å². The van der Waals surface area contributed by atoms with Crippen molar-refractivity contribution in [2.75, 3.05) is 6.61 Å². The largest absolute Gasteiger partial charge is 0.396 e. The smallest absolute Gasteiger partial charge is 0.155 e.